The molecule has 0 saturated carbocycles. The van der Waals surface area contributed by atoms with E-state index in [2.05, 4.69) is 0 Å². The smallest absolute Gasteiger partial charge is 0.230 e. The number of hydrogen-bond acceptors (Lipinski definition) is 3. The molecule has 2 fully saturated rings. The zero-order valence-corrected chi connectivity index (χ0v) is 15.7. The molecule has 1 aromatic carbocycles. The van der Waals surface area contributed by atoms with E-state index < -0.39 is 27.1 Å². The fourth-order valence-corrected chi connectivity index (χ4v) is 5.59. The minimum atomic E-state index is -3.32. The molecule has 2 aliphatic heterocycles. The number of hydrogen-bond donors (Lipinski definition) is 0. The molecular formula is C18H24F2N2O3S. The van der Waals surface area contributed by atoms with Crippen LogP contribution in [0.15, 0.2) is 18.2 Å². The summed E-state index contributed by atoms with van der Waals surface area (Å²) in [6.07, 6.45) is 2.50. The largest absolute Gasteiger partial charge is 0.338 e. The molecule has 1 atom stereocenters. The van der Waals surface area contributed by atoms with Crippen molar-refractivity contribution in [2.75, 3.05) is 25.4 Å². The zero-order valence-electron chi connectivity index (χ0n) is 14.9. The minimum absolute atomic E-state index is 0.0809. The minimum Gasteiger partial charge on any atom is -0.338 e. The third-order valence-corrected chi connectivity index (χ3v) is 7.38. The van der Waals surface area contributed by atoms with Gasteiger partial charge in [-0.25, -0.2) is 21.5 Å². The van der Waals surface area contributed by atoms with Crippen LogP contribution in [0.4, 0.5) is 8.78 Å². The molecule has 0 radical (unpaired) electrons. The van der Waals surface area contributed by atoms with Gasteiger partial charge in [-0.1, -0.05) is 13.0 Å². The number of carbonyl (C=O) groups is 1. The number of sulfonamides is 1. The molecule has 0 unspecified atom stereocenters. The molecule has 2 heterocycles. The van der Waals surface area contributed by atoms with Gasteiger partial charge >= 0.3 is 0 Å². The highest BCUT2D eigenvalue weighted by Gasteiger charge is 2.50. The number of rotatable bonds is 5. The van der Waals surface area contributed by atoms with Crippen LogP contribution < -0.4 is 0 Å². The van der Waals surface area contributed by atoms with Crippen LogP contribution in [0.1, 0.15) is 38.2 Å². The van der Waals surface area contributed by atoms with E-state index in [4.69, 9.17) is 0 Å². The van der Waals surface area contributed by atoms with Crippen molar-refractivity contribution in [1.82, 2.24) is 9.21 Å². The standard InChI is InChI=1S/C18H24F2N2O3S/c1-2-10-26(24,25)22-9-7-18(13-22)6-3-8-21(17(18)23)12-14-4-5-15(19)16(20)11-14/h4-5,11H,2-3,6-10,12-13H2,1H3/t18-/m1/s1. The molecule has 2 aliphatic rings. The number of piperidine rings is 1. The highest BCUT2D eigenvalue weighted by molar-refractivity contribution is 7.89. The molecule has 1 spiro atoms. The Balaban J connectivity index is 1.74. The topological polar surface area (TPSA) is 57.7 Å². The predicted molar refractivity (Wildman–Crippen MR) is 93.7 cm³/mol. The lowest BCUT2D eigenvalue weighted by atomic mass is 9.78. The second-order valence-electron chi connectivity index (χ2n) is 7.26. The van der Waals surface area contributed by atoms with Crippen LogP contribution in [0, 0.1) is 17.0 Å². The molecule has 0 N–H and O–H groups in total. The van der Waals surface area contributed by atoms with E-state index in [1.807, 2.05) is 6.92 Å². The van der Waals surface area contributed by atoms with E-state index in [0.29, 0.717) is 37.9 Å². The molecule has 0 bridgehead atoms. The summed E-state index contributed by atoms with van der Waals surface area (Å²) >= 11 is 0. The van der Waals surface area contributed by atoms with Crippen molar-refractivity contribution in [2.24, 2.45) is 5.41 Å². The van der Waals surface area contributed by atoms with E-state index in [1.54, 1.807) is 4.90 Å². The number of benzene rings is 1. The van der Waals surface area contributed by atoms with Gasteiger partial charge in [-0.3, -0.25) is 4.79 Å². The lowest BCUT2D eigenvalue weighted by Gasteiger charge is -2.39. The highest BCUT2D eigenvalue weighted by atomic mass is 32.2. The molecule has 26 heavy (non-hydrogen) atoms. The number of nitrogens with zero attached hydrogens (tertiary/aromatic N) is 2. The summed E-state index contributed by atoms with van der Waals surface area (Å²) in [5, 5.41) is 0. The second kappa shape index (κ2) is 7.23. The highest BCUT2D eigenvalue weighted by Crippen LogP contribution is 2.41. The summed E-state index contributed by atoms with van der Waals surface area (Å²) in [5.74, 6) is -1.83. The van der Waals surface area contributed by atoms with E-state index in [0.717, 1.165) is 18.6 Å². The molecule has 0 aliphatic carbocycles. The van der Waals surface area contributed by atoms with Crippen molar-refractivity contribution in [3.8, 4) is 0 Å². The van der Waals surface area contributed by atoms with Gasteiger partial charge in [-0.2, -0.15) is 0 Å². The SMILES string of the molecule is CCCS(=O)(=O)N1CC[C@]2(CCCN(Cc3ccc(F)c(F)c3)C2=O)C1. The molecule has 144 valence electrons. The maximum absolute atomic E-state index is 13.4. The molecule has 2 saturated heterocycles. The van der Waals surface area contributed by atoms with E-state index in [1.165, 1.54) is 10.4 Å². The van der Waals surface area contributed by atoms with Crippen LogP contribution in [0.2, 0.25) is 0 Å². The Morgan fingerprint density at radius 3 is 2.62 bits per heavy atom. The summed E-state index contributed by atoms with van der Waals surface area (Å²) in [7, 11) is -3.32. The lowest BCUT2D eigenvalue weighted by molar-refractivity contribution is -0.146. The van der Waals surface area contributed by atoms with Crippen LogP contribution in [0.25, 0.3) is 0 Å². The van der Waals surface area contributed by atoms with Gasteiger partial charge in [0.05, 0.1) is 11.2 Å². The first-order chi connectivity index (χ1) is 12.3. The van der Waals surface area contributed by atoms with Crippen molar-refractivity contribution in [1.29, 1.82) is 0 Å². The van der Waals surface area contributed by atoms with Gasteiger partial charge in [0.1, 0.15) is 0 Å². The fraction of sp³-hybridized carbons (Fsp3) is 0.611. The number of amides is 1. The van der Waals surface area contributed by atoms with E-state index >= 15 is 0 Å². The Kier molecular flexibility index (Phi) is 5.35. The van der Waals surface area contributed by atoms with Crippen LogP contribution in [0.3, 0.4) is 0 Å². The van der Waals surface area contributed by atoms with E-state index in [-0.39, 0.29) is 24.7 Å². The number of likely N-dealkylation sites (tertiary alicyclic amines) is 1. The van der Waals surface area contributed by atoms with Crippen molar-refractivity contribution in [2.45, 2.75) is 39.2 Å². The first-order valence-corrected chi connectivity index (χ1v) is 10.6. The first-order valence-electron chi connectivity index (χ1n) is 8.98. The van der Waals surface area contributed by atoms with Gasteiger partial charge < -0.3 is 4.90 Å². The van der Waals surface area contributed by atoms with Gasteiger partial charge in [-0.15, -0.1) is 0 Å². The molecular weight excluding hydrogens is 362 g/mol. The summed E-state index contributed by atoms with van der Waals surface area (Å²) in [6.45, 7) is 3.16. The lowest BCUT2D eigenvalue weighted by Crippen LogP contribution is -2.50. The summed E-state index contributed by atoms with van der Waals surface area (Å²) < 4.78 is 52.6. The molecule has 1 aromatic rings. The zero-order chi connectivity index (χ0) is 18.9. The van der Waals surface area contributed by atoms with Gasteiger partial charge in [0.2, 0.25) is 15.9 Å². The van der Waals surface area contributed by atoms with E-state index in [9.17, 15) is 22.0 Å². The maximum atomic E-state index is 13.4. The third-order valence-electron chi connectivity index (χ3n) is 5.36. The Bertz CT molecular complexity index is 800. The van der Waals surface area contributed by atoms with Crippen molar-refractivity contribution in [3.05, 3.63) is 35.4 Å². The monoisotopic (exact) mass is 386 g/mol. The summed E-state index contributed by atoms with van der Waals surface area (Å²) in [4.78, 5) is 14.7. The van der Waals surface area contributed by atoms with Crippen molar-refractivity contribution in [3.63, 3.8) is 0 Å². The molecule has 1 amide bonds. The maximum Gasteiger partial charge on any atom is 0.230 e. The predicted octanol–water partition coefficient (Wildman–Crippen LogP) is 2.52. The van der Waals surface area contributed by atoms with Gasteiger partial charge in [-0.05, 0) is 43.4 Å². The van der Waals surface area contributed by atoms with Gasteiger partial charge in [0.15, 0.2) is 11.6 Å². The number of halogens is 2. The first kappa shape index (κ1) is 19.2. The Labute approximate surface area is 153 Å². The van der Waals surface area contributed by atoms with Crippen LogP contribution in [-0.2, 0) is 21.4 Å². The Morgan fingerprint density at radius 1 is 1.15 bits per heavy atom. The fourth-order valence-electron chi connectivity index (χ4n) is 4.00. The van der Waals surface area contributed by atoms with Crippen LogP contribution in [-0.4, -0.2) is 48.9 Å². The Morgan fingerprint density at radius 2 is 1.92 bits per heavy atom. The van der Waals surface area contributed by atoms with Crippen molar-refractivity contribution < 1.29 is 22.0 Å². The van der Waals surface area contributed by atoms with Crippen LogP contribution >= 0.6 is 0 Å². The molecule has 5 nitrogen and oxygen atoms in total. The normalized spacial score (nSPS) is 24.6. The molecule has 8 heteroatoms. The molecule has 3 rings (SSSR count). The summed E-state index contributed by atoms with van der Waals surface area (Å²) in [6, 6.07) is 3.64. The van der Waals surface area contributed by atoms with Gasteiger partial charge in [0.25, 0.3) is 0 Å². The second-order valence-corrected chi connectivity index (χ2v) is 9.35. The van der Waals surface area contributed by atoms with Crippen molar-refractivity contribution >= 4 is 15.9 Å². The average molecular weight is 386 g/mol. The Hall–Kier alpha value is -1.54. The molecule has 0 aromatic heterocycles. The third kappa shape index (κ3) is 3.62. The summed E-state index contributed by atoms with van der Waals surface area (Å²) in [5.41, 5.74) is -0.153. The van der Waals surface area contributed by atoms with Crippen LogP contribution in [0.5, 0.6) is 0 Å². The average Bonchev–Trinajstić information content (AvgIpc) is 3.01. The van der Waals surface area contributed by atoms with Gasteiger partial charge in [0, 0.05) is 26.2 Å². The quantitative estimate of drug-likeness (QED) is 0.781. The number of carbonyl (C=O) groups excluding carboxylic acids is 1.